The van der Waals surface area contributed by atoms with Gasteiger partial charge in [-0.05, 0) is 62.3 Å². The second-order valence-corrected chi connectivity index (χ2v) is 9.74. The molecule has 0 aliphatic carbocycles. The molecule has 26 heavy (non-hydrogen) atoms. The monoisotopic (exact) mass is 408 g/mol. The van der Waals surface area contributed by atoms with Crippen LogP contribution in [-0.4, -0.2) is 36.5 Å². The molecule has 0 saturated carbocycles. The highest BCUT2D eigenvalue weighted by Crippen LogP contribution is 2.39. The van der Waals surface area contributed by atoms with Crippen LogP contribution in [0.4, 0.5) is 0 Å². The Kier molecular flexibility index (Phi) is 5.92. The highest BCUT2D eigenvalue weighted by molar-refractivity contribution is 7.12. The van der Waals surface area contributed by atoms with Gasteiger partial charge in [0.25, 0.3) is 0 Å². The Hall–Kier alpha value is -0.580. The first-order valence-corrected chi connectivity index (χ1v) is 11.1. The summed E-state index contributed by atoms with van der Waals surface area (Å²) in [4.78, 5) is 8.08. The lowest BCUT2D eigenvalue weighted by Gasteiger charge is -2.30. The van der Waals surface area contributed by atoms with Crippen LogP contribution in [0.15, 0.2) is 24.3 Å². The highest BCUT2D eigenvalue weighted by Gasteiger charge is 2.28. The first-order chi connectivity index (χ1) is 12.6. The number of hydrogen-bond donors (Lipinski definition) is 0. The van der Waals surface area contributed by atoms with Crippen LogP contribution in [0.2, 0.25) is 10.0 Å². The molecule has 1 unspecified atom stereocenters. The molecule has 2 aliphatic rings. The fourth-order valence-corrected chi connectivity index (χ4v) is 5.91. The zero-order valence-electron chi connectivity index (χ0n) is 15.3. The van der Waals surface area contributed by atoms with E-state index < -0.39 is 0 Å². The number of fused-ring (bicyclic) bond motifs is 1. The van der Waals surface area contributed by atoms with E-state index in [1.165, 1.54) is 59.7 Å². The van der Waals surface area contributed by atoms with E-state index in [-0.39, 0.29) is 0 Å². The summed E-state index contributed by atoms with van der Waals surface area (Å²) >= 11 is 14.4. The average Bonchev–Trinajstić information content (AvgIpc) is 2.83. The largest absolute Gasteiger partial charge is 0.300 e. The van der Waals surface area contributed by atoms with Crippen molar-refractivity contribution in [2.45, 2.75) is 44.7 Å². The molecule has 1 aromatic heterocycles. The molecule has 0 radical (unpaired) electrons. The summed E-state index contributed by atoms with van der Waals surface area (Å²) in [6.45, 7) is 5.69. The summed E-state index contributed by atoms with van der Waals surface area (Å²) in [6.07, 6.45) is 5.47. The molecule has 0 N–H and O–H groups in total. The number of rotatable bonds is 3. The van der Waals surface area contributed by atoms with Gasteiger partial charge in [0.05, 0.1) is 10.0 Å². The molecule has 1 fully saturated rings. The summed E-state index contributed by atoms with van der Waals surface area (Å²) in [5.74, 6) is 0.382. The maximum absolute atomic E-state index is 6.30. The third-order valence-corrected chi connectivity index (χ3v) is 7.46. The molecule has 2 aliphatic heterocycles. The fourth-order valence-electron chi connectivity index (χ4n) is 4.25. The summed E-state index contributed by atoms with van der Waals surface area (Å²) in [7, 11) is 2.21. The Balaban J connectivity index is 1.60. The summed E-state index contributed by atoms with van der Waals surface area (Å²) in [5, 5.41) is 1.28. The number of hydrogen-bond acceptors (Lipinski definition) is 3. The maximum atomic E-state index is 6.30. The van der Waals surface area contributed by atoms with Crippen LogP contribution in [-0.2, 0) is 13.1 Å². The van der Waals surface area contributed by atoms with Gasteiger partial charge in [-0.3, -0.25) is 4.90 Å². The molecule has 0 spiro atoms. The molecule has 0 bridgehead atoms. The number of halogens is 2. The van der Waals surface area contributed by atoms with Gasteiger partial charge in [-0.15, -0.1) is 11.3 Å². The van der Waals surface area contributed by atoms with Crippen LogP contribution in [0.1, 0.15) is 52.5 Å². The molecular weight excluding hydrogens is 383 g/mol. The summed E-state index contributed by atoms with van der Waals surface area (Å²) < 4.78 is 0. The summed E-state index contributed by atoms with van der Waals surface area (Å²) in [6, 6.07) is 8.57. The zero-order valence-corrected chi connectivity index (χ0v) is 17.6. The van der Waals surface area contributed by atoms with Crippen molar-refractivity contribution in [3.8, 4) is 0 Å². The van der Waals surface area contributed by atoms with Crippen LogP contribution < -0.4 is 0 Å². The highest BCUT2D eigenvalue weighted by atomic mass is 35.5. The molecule has 1 aromatic carbocycles. The topological polar surface area (TPSA) is 6.48 Å². The van der Waals surface area contributed by atoms with Gasteiger partial charge in [-0.1, -0.05) is 42.1 Å². The van der Waals surface area contributed by atoms with E-state index in [2.05, 4.69) is 29.0 Å². The molecule has 1 atom stereocenters. The van der Waals surface area contributed by atoms with E-state index in [0.717, 1.165) is 19.6 Å². The van der Waals surface area contributed by atoms with Gasteiger partial charge >= 0.3 is 0 Å². The summed E-state index contributed by atoms with van der Waals surface area (Å²) in [5.41, 5.74) is 2.77. The maximum Gasteiger partial charge on any atom is 0.0595 e. The van der Waals surface area contributed by atoms with Crippen LogP contribution in [0.5, 0.6) is 0 Å². The van der Waals surface area contributed by atoms with E-state index in [0.29, 0.717) is 16.0 Å². The van der Waals surface area contributed by atoms with E-state index in [1.54, 1.807) is 0 Å². The number of benzene rings is 1. The van der Waals surface area contributed by atoms with Gasteiger partial charge in [0.1, 0.15) is 0 Å². The van der Waals surface area contributed by atoms with Crippen molar-refractivity contribution < 1.29 is 0 Å². The van der Waals surface area contributed by atoms with Gasteiger partial charge in [-0.25, -0.2) is 0 Å². The van der Waals surface area contributed by atoms with Crippen molar-refractivity contribution in [3.05, 3.63) is 55.2 Å². The predicted molar refractivity (Wildman–Crippen MR) is 113 cm³/mol. The van der Waals surface area contributed by atoms with Crippen LogP contribution in [0, 0.1) is 0 Å². The number of likely N-dealkylation sites (tertiary alicyclic amines) is 1. The molecule has 1 saturated heterocycles. The lowest BCUT2D eigenvalue weighted by Crippen LogP contribution is -2.29. The van der Waals surface area contributed by atoms with Gasteiger partial charge in [-0.2, -0.15) is 0 Å². The minimum Gasteiger partial charge on any atom is -0.300 e. The number of nitrogens with zero attached hydrogens (tertiary/aromatic N) is 2. The average molecular weight is 409 g/mol. The Morgan fingerprint density at radius 1 is 1.04 bits per heavy atom. The van der Waals surface area contributed by atoms with Gasteiger partial charge in [0, 0.05) is 35.3 Å². The normalized spacial score (nSPS) is 22.2. The van der Waals surface area contributed by atoms with Crippen molar-refractivity contribution in [1.29, 1.82) is 0 Å². The van der Waals surface area contributed by atoms with Gasteiger partial charge in [0.2, 0.25) is 0 Å². The quantitative estimate of drug-likeness (QED) is 0.613. The Morgan fingerprint density at radius 3 is 2.54 bits per heavy atom. The molecule has 5 heteroatoms. The van der Waals surface area contributed by atoms with Crippen molar-refractivity contribution in [2.24, 2.45) is 0 Å². The molecular formula is C21H26Cl2N2S. The van der Waals surface area contributed by atoms with Crippen molar-refractivity contribution in [3.63, 3.8) is 0 Å². The van der Waals surface area contributed by atoms with Crippen molar-refractivity contribution in [2.75, 3.05) is 26.7 Å². The van der Waals surface area contributed by atoms with E-state index in [4.69, 9.17) is 23.2 Å². The second kappa shape index (κ2) is 8.20. The van der Waals surface area contributed by atoms with Crippen molar-refractivity contribution in [1.82, 2.24) is 9.80 Å². The molecule has 2 nitrogen and oxygen atoms in total. The fraction of sp³-hybridized carbons (Fsp3) is 0.524. The second-order valence-electron chi connectivity index (χ2n) is 7.70. The Labute approximate surface area is 170 Å². The SMILES string of the molecule is CN1Cc2sc(CN3CCCCCC3)cc2C(c2ccc(Cl)c(Cl)c2)C1. The lowest BCUT2D eigenvalue weighted by atomic mass is 9.88. The van der Waals surface area contributed by atoms with E-state index in [1.807, 2.05) is 23.5 Å². The van der Waals surface area contributed by atoms with Crippen molar-refractivity contribution >= 4 is 34.5 Å². The number of thiophene rings is 1. The minimum absolute atomic E-state index is 0.382. The van der Waals surface area contributed by atoms with Crippen LogP contribution in [0.25, 0.3) is 0 Å². The third-order valence-electron chi connectivity index (χ3n) is 5.60. The van der Waals surface area contributed by atoms with Gasteiger partial charge in [0.15, 0.2) is 0 Å². The first-order valence-electron chi connectivity index (χ1n) is 9.57. The Bertz CT molecular complexity index is 765. The molecule has 140 valence electrons. The number of likely N-dealkylation sites (N-methyl/N-ethyl adjacent to an activating group) is 1. The van der Waals surface area contributed by atoms with E-state index >= 15 is 0 Å². The van der Waals surface area contributed by atoms with Gasteiger partial charge < -0.3 is 4.90 Å². The third kappa shape index (κ3) is 4.13. The molecule has 3 heterocycles. The minimum atomic E-state index is 0.382. The molecule has 0 amide bonds. The molecule has 2 aromatic rings. The Morgan fingerprint density at radius 2 is 1.81 bits per heavy atom. The predicted octanol–water partition coefficient (Wildman–Crippen LogP) is 6.01. The molecule has 4 rings (SSSR count). The lowest BCUT2D eigenvalue weighted by molar-refractivity contribution is 0.279. The standard InChI is InChI=1S/C21H26Cl2N2S/c1-24-13-18(15-6-7-19(22)20(23)10-15)17-11-16(26-21(17)14-24)12-25-8-4-2-3-5-9-25/h6-7,10-11,18H,2-5,8-9,12-14H2,1H3. The van der Waals surface area contributed by atoms with Crippen LogP contribution in [0.3, 0.4) is 0 Å². The van der Waals surface area contributed by atoms with E-state index in [9.17, 15) is 0 Å². The first kappa shape index (κ1) is 18.8. The smallest absolute Gasteiger partial charge is 0.0595 e. The van der Waals surface area contributed by atoms with Crippen LogP contribution >= 0.6 is 34.5 Å². The zero-order chi connectivity index (χ0) is 18.1.